The predicted octanol–water partition coefficient (Wildman–Crippen LogP) is 1.37. The van der Waals surface area contributed by atoms with Gasteiger partial charge in [-0.25, -0.2) is 0 Å². The molecule has 1 aliphatic rings. The van der Waals surface area contributed by atoms with Crippen LogP contribution in [0.25, 0.3) is 0 Å². The zero-order valence-electron chi connectivity index (χ0n) is 9.33. The second-order valence-electron chi connectivity index (χ2n) is 4.22. The maximum atomic E-state index is 11.8. The lowest BCUT2D eigenvalue weighted by Gasteiger charge is -2.24. The molecule has 1 fully saturated rings. The van der Waals surface area contributed by atoms with Crippen molar-refractivity contribution in [1.29, 1.82) is 0 Å². The van der Waals surface area contributed by atoms with Crippen LogP contribution in [0.1, 0.15) is 39.5 Å². The molecule has 0 aliphatic heterocycles. The number of hydrogen-bond acceptors (Lipinski definition) is 2. The zero-order valence-corrected chi connectivity index (χ0v) is 9.33. The third-order valence-electron chi connectivity index (χ3n) is 2.79. The molecule has 1 amide bonds. The molecule has 82 valence electrons. The van der Waals surface area contributed by atoms with Crippen LogP contribution >= 0.6 is 0 Å². The van der Waals surface area contributed by atoms with Crippen molar-refractivity contribution < 1.29 is 4.79 Å². The summed E-state index contributed by atoms with van der Waals surface area (Å²) in [6, 6.07) is -0.279. The molecule has 0 heterocycles. The Morgan fingerprint density at radius 2 is 2.14 bits per heavy atom. The highest BCUT2D eigenvalue weighted by Gasteiger charge is 2.27. The molecule has 0 bridgehead atoms. The van der Waals surface area contributed by atoms with E-state index in [4.69, 9.17) is 5.73 Å². The summed E-state index contributed by atoms with van der Waals surface area (Å²) in [6.45, 7) is 5.81. The second-order valence-corrected chi connectivity index (χ2v) is 4.22. The van der Waals surface area contributed by atoms with E-state index >= 15 is 0 Å². The number of rotatable bonds is 6. The van der Waals surface area contributed by atoms with Crippen molar-refractivity contribution in [2.45, 2.75) is 45.6 Å². The molecule has 0 aromatic rings. The minimum Gasteiger partial charge on any atom is -0.341 e. The minimum absolute atomic E-state index is 0.140. The van der Waals surface area contributed by atoms with Gasteiger partial charge in [0.2, 0.25) is 5.91 Å². The van der Waals surface area contributed by atoms with Crippen LogP contribution in [0.3, 0.4) is 0 Å². The van der Waals surface area contributed by atoms with Crippen molar-refractivity contribution in [3.63, 3.8) is 0 Å². The van der Waals surface area contributed by atoms with Gasteiger partial charge in [-0.05, 0) is 32.1 Å². The Hall–Kier alpha value is -0.570. The van der Waals surface area contributed by atoms with E-state index in [1.807, 2.05) is 11.8 Å². The van der Waals surface area contributed by atoms with Crippen molar-refractivity contribution in [3.8, 4) is 0 Å². The van der Waals surface area contributed by atoms with Crippen LogP contribution in [0.5, 0.6) is 0 Å². The van der Waals surface area contributed by atoms with E-state index in [0.29, 0.717) is 0 Å². The Balaban J connectivity index is 2.36. The Morgan fingerprint density at radius 3 is 2.57 bits per heavy atom. The fourth-order valence-electron chi connectivity index (χ4n) is 1.66. The molecule has 1 aliphatic carbocycles. The lowest BCUT2D eigenvalue weighted by Crippen LogP contribution is -2.44. The maximum Gasteiger partial charge on any atom is 0.239 e. The smallest absolute Gasteiger partial charge is 0.239 e. The molecule has 2 N–H and O–H groups in total. The normalized spacial score (nSPS) is 17.9. The van der Waals surface area contributed by atoms with Gasteiger partial charge in [-0.3, -0.25) is 4.79 Å². The Kier molecular flexibility index (Phi) is 4.39. The average molecular weight is 198 g/mol. The summed E-state index contributed by atoms with van der Waals surface area (Å²) in [5.74, 6) is 0.897. The maximum absolute atomic E-state index is 11.8. The highest BCUT2D eigenvalue weighted by molar-refractivity contribution is 5.81. The van der Waals surface area contributed by atoms with Gasteiger partial charge < -0.3 is 10.6 Å². The van der Waals surface area contributed by atoms with Crippen molar-refractivity contribution in [2.24, 2.45) is 11.7 Å². The molecule has 0 saturated heterocycles. The lowest BCUT2D eigenvalue weighted by atomic mass is 10.1. The van der Waals surface area contributed by atoms with E-state index in [2.05, 4.69) is 6.92 Å². The number of nitrogens with two attached hydrogens (primary N) is 1. The SMILES string of the molecule is CCCC(N)C(=O)N(CC)CC1CC1. The van der Waals surface area contributed by atoms with Gasteiger partial charge in [0.05, 0.1) is 6.04 Å². The van der Waals surface area contributed by atoms with Crippen molar-refractivity contribution in [1.82, 2.24) is 4.90 Å². The van der Waals surface area contributed by atoms with E-state index in [1.54, 1.807) is 0 Å². The van der Waals surface area contributed by atoms with Crippen molar-refractivity contribution >= 4 is 5.91 Å². The summed E-state index contributed by atoms with van der Waals surface area (Å²) >= 11 is 0. The quantitative estimate of drug-likeness (QED) is 0.700. The molecule has 0 aromatic heterocycles. The topological polar surface area (TPSA) is 46.3 Å². The monoisotopic (exact) mass is 198 g/mol. The number of hydrogen-bond donors (Lipinski definition) is 1. The third kappa shape index (κ3) is 3.29. The van der Waals surface area contributed by atoms with Gasteiger partial charge in [-0.1, -0.05) is 13.3 Å². The van der Waals surface area contributed by atoms with Gasteiger partial charge in [0.1, 0.15) is 0 Å². The van der Waals surface area contributed by atoms with Gasteiger partial charge in [-0.15, -0.1) is 0 Å². The molecule has 3 nitrogen and oxygen atoms in total. The summed E-state index contributed by atoms with van der Waals surface area (Å²) in [5.41, 5.74) is 5.81. The van der Waals surface area contributed by atoms with Crippen LogP contribution < -0.4 is 5.73 Å². The predicted molar refractivity (Wildman–Crippen MR) is 57.9 cm³/mol. The van der Waals surface area contributed by atoms with E-state index in [9.17, 15) is 4.79 Å². The molecule has 3 heteroatoms. The van der Waals surface area contributed by atoms with E-state index in [1.165, 1.54) is 12.8 Å². The van der Waals surface area contributed by atoms with E-state index in [0.717, 1.165) is 31.8 Å². The molecule has 0 aromatic carbocycles. The summed E-state index contributed by atoms with van der Waals surface area (Å²) in [7, 11) is 0. The van der Waals surface area contributed by atoms with Gasteiger partial charge in [0.15, 0.2) is 0 Å². The number of carbonyl (C=O) groups excluding carboxylic acids is 1. The van der Waals surface area contributed by atoms with Crippen LogP contribution in [-0.4, -0.2) is 29.9 Å². The van der Waals surface area contributed by atoms with Crippen LogP contribution in [0.4, 0.5) is 0 Å². The standard InChI is InChI=1S/C11H22N2O/c1-3-5-10(12)11(14)13(4-2)8-9-6-7-9/h9-10H,3-8,12H2,1-2H3. The molecular weight excluding hydrogens is 176 g/mol. The summed E-state index contributed by atoms with van der Waals surface area (Å²) in [6.07, 6.45) is 4.35. The highest BCUT2D eigenvalue weighted by atomic mass is 16.2. The lowest BCUT2D eigenvalue weighted by molar-refractivity contribution is -0.132. The number of amides is 1. The van der Waals surface area contributed by atoms with E-state index in [-0.39, 0.29) is 11.9 Å². The molecule has 0 radical (unpaired) electrons. The molecule has 1 saturated carbocycles. The van der Waals surface area contributed by atoms with Crippen LogP contribution in [-0.2, 0) is 4.79 Å². The van der Waals surface area contributed by atoms with Crippen LogP contribution in [0, 0.1) is 5.92 Å². The first-order valence-corrected chi connectivity index (χ1v) is 5.73. The van der Waals surface area contributed by atoms with Gasteiger partial charge in [-0.2, -0.15) is 0 Å². The fraction of sp³-hybridized carbons (Fsp3) is 0.909. The highest BCUT2D eigenvalue weighted by Crippen LogP contribution is 2.29. The molecule has 1 unspecified atom stereocenters. The molecule has 1 atom stereocenters. The van der Waals surface area contributed by atoms with Crippen molar-refractivity contribution in [3.05, 3.63) is 0 Å². The van der Waals surface area contributed by atoms with Crippen LogP contribution in [0.2, 0.25) is 0 Å². The van der Waals surface area contributed by atoms with Crippen LogP contribution in [0.15, 0.2) is 0 Å². The first-order chi connectivity index (χ1) is 6.69. The van der Waals surface area contributed by atoms with Gasteiger partial charge in [0.25, 0.3) is 0 Å². The van der Waals surface area contributed by atoms with Gasteiger partial charge >= 0.3 is 0 Å². The number of nitrogens with zero attached hydrogens (tertiary/aromatic N) is 1. The molecule has 0 spiro atoms. The first-order valence-electron chi connectivity index (χ1n) is 5.73. The Bertz CT molecular complexity index is 190. The molecular formula is C11H22N2O. The Labute approximate surface area is 86.6 Å². The largest absolute Gasteiger partial charge is 0.341 e. The fourth-order valence-corrected chi connectivity index (χ4v) is 1.66. The number of carbonyl (C=O) groups is 1. The third-order valence-corrected chi connectivity index (χ3v) is 2.79. The first kappa shape index (κ1) is 11.5. The molecule has 1 rings (SSSR count). The summed E-state index contributed by atoms with van der Waals surface area (Å²) in [5, 5.41) is 0. The average Bonchev–Trinajstić information content (AvgIpc) is 2.97. The minimum atomic E-state index is -0.279. The zero-order chi connectivity index (χ0) is 10.6. The van der Waals surface area contributed by atoms with E-state index < -0.39 is 0 Å². The number of likely N-dealkylation sites (N-methyl/N-ethyl adjacent to an activating group) is 1. The molecule has 14 heavy (non-hydrogen) atoms. The summed E-state index contributed by atoms with van der Waals surface area (Å²) < 4.78 is 0. The second kappa shape index (κ2) is 5.35. The Morgan fingerprint density at radius 1 is 1.50 bits per heavy atom. The van der Waals surface area contributed by atoms with Gasteiger partial charge in [0, 0.05) is 13.1 Å². The van der Waals surface area contributed by atoms with Crippen molar-refractivity contribution in [2.75, 3.05) is 13.1 Å². The summed E-state index contributed by atoms with van der Waals surface area (Å²) in [4.78, 5) is 13.7.